The van der Waals surface area contributed by atoms with Crippen molar-refractivity contribution >= 4 is 17.4 Å². The first-order chi connectivity index (χ1) is 9.01. The number of hydrogen-bond acceptors (Lipinski definition) is 5. The van der Waals surface area contributed by atoms with Crippen LogP contribution in [-0.4, -0.2) is 9.97 Å². The highest BCUT2D eigenvalue weighted by atomic mass is 35.5. The molecule has 1 aromatic carbocycles. The van der Waals surface area contributed by atoms with Crippen molar-refractivity contribution in [3.8, 4) is 11.6 Å². The topological polar surface area (TPSA) is 73.1 Å². The van der Waals surface area contributed by atoms with Crippen LogP contribution in [0.1, 0.15) is 17.0 Å². The average molecular weight is 279 g/mol. The lowest BCUT2D eigenvalue weighted by Crippen LogP contribution is -2.12. The molecule has 0 fully saturated rings. The van der Waals surface area contributed by atoms with Crippen molar-refractivity contribution in [2.24, 2.45) is 5.84 Å². The van der Waals surface area contributed by atoms with Crippen molar-refractivity contribution in [1.82, 2.24) is 9.97 Å². The molecule has 1 heterocycles. The van der Waals surface area contributed by atoms with E-state index in [2.05, 4.69) is 15.4 Å². The first kappa shape index (κ1) is 13.6. The number of aryl methyl sites for hydroxylation is 2. The van der Waals surface area contributed by atoms with Gasteiger partial charge in [-0.2, -0.15) is 4.98 Å². The van der Waals surface area contributed by atoms with E-state index in [4.69, 9.17) is 22.2 Å². The molecule has 19 heavy (non-hydrogen) atoms. The summed E-state index contributed by atoms with van der Waals surface area (Å²) in [6.07, 6.45) is 0. The third-order valence-corrected chi connectivity index (χ3v) is 2.93. The molecule has 0 aliphatic rings. The summed E-state index contributed by atoms with van der Waals surface area (Å²) in [4.78, 5) is 8.46. The van der Waals surface area contributed by atoms with Crippen LogP contribution >= 0.6 is 11.6 Å². The predicted molar refractivity (Wildman–Crippen MR) is 75.6 cm³/mol. The van der Waals surface area contributed by atoms with Crippen molar-refractivity contribution < 1.29 is 4.74 Å². The summed E-state index contributed by atoms with van der Waals surface area (Å²) in [5.74, 6) is 7.73. The zero-order valence-electron chi connectivity index (χ0n) is 11.0. The number of benzene rings is 1. The molecule has 0 spiro atoms. The van der Waals surface area contributed by atoms with Gasteiger partial charge in [-0.25, -0.2) is 10.8 Å². The Morgan fingerprint density at radius 2 is 1.95 bits per heavy atom. The van der Waals surface area contributed by atoms with E-state index in [1.165, 1.54) is 0 Å². The number of halogens is 1. The molecule has 0 radical (unpaired) electrons. The normalized spacial score (nSPS) is 10.4. The number of anilines is 1. The zero-order valence-corrected chi connectivity index (χ0v) is 11.7. The third-order valence-electron chi connectivity index (χ3n) is 2.69. The summed E-state index contributed by atoms with van der Waals surface area (Å²) in [7, 11) is 0. The van der Waals surface area contributed by atoms with Crippen molar-refractivity contribution in [3.05, 3.63) is 40.2 Å². The summed E-state index contributed by atoms with van der Waals surface area (Å²) in [5.41, 5.74) is 4.22. The van der Waals surface area contributed by atoms with E-state index in [0.29, 0.717) is 28.3 Å². The maximum atomic E-state index is 5.92. The standard InChI is InChI=1S/C13H15ClN4O/c1-7-6-10(14)4-5-11(7)19-13-8(2)12(18-15)16-9(3)17-13/h4-6H,15H2,1-3H3,(H,16,17,18). The molecule has 6 heteroatoms. The number of aromatic nitrogens is 2. The number of nitrogens with one attached hydrogen (secondary N) is 1. The summed E-state index contributed by atoms with van der Waals surface area (Å²) in [6.45, 7) is 5.55. The van der Waals surface area contributed by atoms with E-state index in [-0.39, 0.29) is 0 Å². The molecule has 0 aliphatic heterocycles. The van der Waals surface area contributed by atoms with Gasteiger partial charge in [0.1, 0.15) is 17.4 Å². The van der Waals surface area contributed by atoms with Crippen LogP contribution in [0.3, 0.4) is 0 Å². The third kappa shape index (κ3) is 2.94. The number of nitrogen functional groups attached to an aromatic ring is 1. The van der Waals surface area contributed by atoms with E-state index in [1.807, 2.05) is 26.0 Å². The largest absolute Gasteiger partial charge is 0.438 e. The van der Waals surface area contributed by atoms with Crippen molar-refractivity contribution in [1.29, 1.82) is 0 Å². The summed E-state index contributed by atoms with van der Waals surface area (Å²) in [6, 6.07) is 5.42. The van der Waals surface area contributed by atoms with Gasteiger partial charge in [-0.1, -0.05) is 11.6 Å². The maximum absolute atomic E-state index is 5.92. The number of hydrogen-bond donors (Lipinski definition) is 2. The van der Waals surface area contributed by atoms with Crippen LogP contribution < -0.4 is 16.0 Å². The Labute approximate surface area is 116 Å². The highest BCUT2D eigenvalue weighted by Crippen LogP contribution is 2.30. The van der Waals surface area contributed by atoms with Crippen LogP contribution in [0, 0.1) is 20.8 Å². The molecule has 0 amide bonds. The number of nitrogens with zero attached hydrogens (tertiary/aromatic N) is 2. The van der Waals surface area contributed by atoms with Crippen molar-refractivity contribution in [2.45, 2.75) is 20.8 Å². The summed E-state index contributed by atoms with van der Waals surface area (Å²) >= 11 is 5.92. The lowest BCUT2D eigenvalue weighted by atomic mass is 10.2. The number of nitrogens with two attached hydrogens (primary N) is 1. The molecule has 3 N–H and O–H groups in total. The van der Waals surface area contributed by atoms with Gasteiger partial charge in [0.2, 0.25) is 5.88 Å². The molecular weight excluding hydrogens is 264 g/mol. The first-order valence-corrected chi connectivity index (χ1v) is 6.15. The fourth-order valence-corrected chi connectivity index (χ4v) is 1.90. The Morgan fingerprint density at radius 3 is 2.58 bits per heavy atom. The number of rotatable bonds is 3. The molecule has 1 aromatic heterocycles. The average Bonchev–Trinajstić information content (AvgIpc) is 2.36. The Bertz CT molecular complexity index is 616. The molecule has 0 saturated heterocycles. The molecule has 0 atom stereocenters. The number of ether oxygens (including phenoxy) is 1. The maximum Gasteiger partial charge on any atom is 0.227 e. The lowest BCUT2D eigenvalue weighted by Gasteiger charge is -2.13. The van der Waals surface area contributed by atoms with Gasteiger partial charge in [-0.3, -0.25) is 0 Å². The molecule has 5 nitrogen and oxygen atoms in total. The molecule has 0 bridgehead atoms. The van der Waals surface area contributed by atoms with Crippen LogP contribution in [0.25, 0.3) is 0 Å². The minimum Gasteiger partial charge on any atom is -0.438 e. The summed E-state index contributed by atoms with van der Waals surface area (Å²) in [5, 5.41) is 0.671. The first-order valence-electron chi connectivity index (χ1n) is 5.77. The van der Waals surface area contributed by atoms with E-state index in [0.717, 1.165) is 11.1 Å². The number of hydrazine groups is 1. The van der Waals surface area contributed by atoms with Crippen molar-refractivity contribution in [3.63, 3.8) is 0 Å². The van der Waals surface area contributed by atoms with E-state index < -0.39 is 0 Å². The Balaban J connectivity index is 2.40. The van der Waals surface area contributed by atoms with Gasteiger partial charge in [-0.15, -0.1) is 0 Å². The SMILES string of the molecule is Cc1nc(NN)c(C)c(Oc2ccc(Cl)cc2C)n1. The van der Waals surface area contributed by atoms with Crippen LogP contribution in [0.2, 0.25) is 5.02 Å². The van der Waals surface area contributed by atoms with Gasteiger partial charge >= 0.3 is 0 Å². The van der Waals surface area contributed by atoms with Gasteiger partial charge in [0, 0.05) is 5.02 Å². The molecule has 100 valence electrons. The lowest BCUT2D eigenvalue weighted by molar-refractivity contribution is 0.452. The smallest absolute Gasteiger partial charge is 0.227 e. The molecule has 0 unspecified atom stereocenters. The van der Waals surface area contributed by atoms with Gasteiger partial charge in [0.05, 0.1) is 5.56 Å². The fraction of sp³-hybridized carbons (Fsp3) is 0.231. The van der Waals surface area contributed by atoms with E-state index >= 15 is 0 Å². The van der Waals surface area contributed by atoms with E-state index in [9.17, 15) is 0 Å². The van der Waals surface area contributed by atoms with Crippen LogP contribution in [0.15, 0.2) is 18.2 Å². The van der Waals surface area contributed by atoms with Gasteiger partial charge < -0.3 is 10.2 Å². The molecule has 0 aliphatic carbocycles. The predicted octanol–water partition coefficient (Wildman–Crippen LogP) is 3.13. The second-order valence-corrected chi connectivity index (χ2v) is 4.64. The quantitative estimate of drug-likeness (QED) is 0.666. The van der Waals surface area contributed by atoms with Crippen LogP contribution in [0.5, 0.6) is 11.6 Å². The molecular formula is C13H15ClN4O. The zero-order chi connectivity index (χ0) is 14.0. The van der Waals surface area contributed by atoms with Gasteiger partial charge in [-0.05, 0) is 44.5 Å². The molecule has 0 saturated carbocycles. The minimum absolute atomic E-state index is 0.478. The van der Waals surface area contributed by atoms with Gasteiger partial charge in [0.15, 0.2) is 0 Å². The van der Waals surface area contributed by atoms with Crippen LogP contribution in [-0.2, 0) is 0 Å². The second kappa shape index (κ2) is 5.42. The van der Waals surface area contributed by atoms with E-state index in [1.54, 1.807) is 13.0 Å². The Hall–Kier alpha value is -1.85. The summed E-state index contributed by atoms with van der Waals surface area (Å²) < 4.78 is 5.81. The second-order valence-electron chi connectivity index (χ2n) is 4.21. The van der Waals surface area contributed by atoms with Crippen molar-refractivity contribution in [2.75, 3.05) is 5.43 Å². The van der Waals surface area contributed by atoms with Gasteiger partial charge in [0.25, 0.3) is 0 Å². The Kier molecular flexibility index (Phi) is 3.87. The minimum atomic E-state index is 0.478. The Morgan fingerprint density at radius 1 is 1.21 bits per heavy atom. The fourth-order valence-electron chi connectivity index (χ4n) is 1.67. The highest BCUT2D eigenvalue weighted by molar-refractivity contribution is 6.30. The monoisotopic (exact) mass is 278 g/mol. The molecule has 2 aromatic rings. The van der Waals surface area contributed by atoms with Crippen LogP contribution in [0.4, 0.5) is 5.82 Å². The highest BCUT2D eigenvalue weighted by Gasteiger charge is 2.11. The molecule has 2 rings (SSSR count).